The molecule has 1 atom stereocenters. The standard InChI is InChI=1S/C24H28N8O/c1-3-4-12-31-22-20(29-24(31)30-11-7-8-17(25)14-30)13-26-32(23(22)33)15-21-27-16(2)18-9-5-6-10-19(18)28-21/h5-6,9-10,17,26H,7-8,11-15,25H2,1-2H3/t17-/m1/s1. The number of para-hydroxylation sites is 1. The first-order chi connectivity index (χ1) is 16.0. The van der Waals surface area contributed by atoms with Gasteiger partial charge >= 0.3 is 0 Å². The molecule has 3 aromatic rings. The molecule has 9 heteroatoms. The summed E-state index contributed by atoms with van der Waals surface area (Å²) in [5, 5.41) is 2.59. The van der Waals surface area contributed by atoms with Gasteiger partial charge in [0.2, 0.25) is 5.95 Å². The quantitative estimate of drug-likeness (QED) is 0.591. The summed E-state index contributed by atoms with van der Waals surface area (Å²) in [6.07, 6.45) is 2.01. The summed E-state index contributed by atoms with van der Waals surface area (Å²) >= 11 is 0. The maximum atomic E-state index is 13.6. The molecule has 4 heterocycles. The van der Waals surface area contributed by atoms with Gasteiger partial charge < -0.3 is 10.6 Å². The van der Waals surface area contributed by atoms with Gasteiger partial charge in [-0.15, -0.1) is 5.92 Å². The number of nitrogens with zero attached hydrogens (tertiary/aromatic N) is 6. The number of hydrogen-bond donors (Lipinski definition) is 2. The monoisotopic (exact) mass is 444 g/mol. The molecule has 0 bridgehead atoms. The van der Waals surface area contributed by atoms with Crippen molar-refractivity contribution in [1.29, 1.82) is 0 Å². The summed E-state index contributed by atoms with van der Waals surface area (Å²) in [7, 11) is 0. The number of rotatable bonds is 4. The van der Waals surface area contributed by atoms with Crippen LogP contribution < -0.4 is 16.1 Å². The van der Waals surface area contributed by atoms with E-state index < -0.39 is 0 Å². The molecule has 3 N–H and O–H groups in total. The second kappa shape index (κ2) is 8.81. The van der Waals surface area contributed by atoms with Gasteiger partial charge in [0, 0.05) is 30.2 Å². The zero-order valence-electron chi connectivity index (χ0n) is 19.0. The lowest BCUT2D eigenvalue weighted by Crippen LogP contribution is -2.47. The van der Waals surface area contributed by atoms with Crippen LogP contribution in [-0.4, -0.2) is 49.6 Å². The highest BCUT2D eigenvalue weighted by Gasteiger charge is 2.34. The van der Waals surface area contributed by atoms with Crippen molar-refractivity contribution in [3.05, 3.63) is 47.2 Å². The Hall–Kier alpha value is -3.48. The van der Waals surface area contributed by atoms with E-state index in [1.807, 2.05) is 35.8 Å². The molecule has 2 aromatic heterocycles. The van der Waals surface area contributed by atoms with Gasteiger partial charge in [-0.05, 0) is 32.8 Å². The van der Waals surface area contributed by atoms with Crippen molar-refractivity contribution in [3.63, 3.8) is 0 Å². The van der Waals surface area contributed by atoms with E-state index in [0.29, 0.717) is 24.6 Å². The number of imidazole rings is 1. The first-order valence-corrected chi connectivity index (χ1v) is 11.3. The zero-order valence-corrected chi connectivity index (χ0v) is 19.0. The molecule has 1 amide bonds. The third-order valence-corrected chi connectivity index (χ3v) is 6.20. The number of carbonyl (C=O) groups is 1. The van der Waals surface area contributed by atoms with E-state index in [2.05, 4.69) is 32.1 Å². The summed E-state index contributed by atoms with van der Waals surface area (Å²) in [6, 6.07) is 8.01. The lowest BCUT2D eigenvalue weighted by molar-refractivity contribution is 0.0582. The molecule has 9 nitrogen and oxygen atoms in total. The van der Waals surface area contributed by atoms with Crippen molar-refractivity contribution in [2.45, 2.75) is 52.4 Å². The van der Waals surface area contributed by atoms with Crippen LogP contribution in [-0.2, 0) is 19.6 Å². The van der Waals surface area contributed by atoms with E-state index in [-0.39, 0.29) is 18.5 Å². The molecular formula is C24H28N8O. The molecule has 2 aliphatic rings. The van der Waals surface area contributed by atoms with Gasteiger partial charge in [-0.3, -0.25) is 14.4 Å². The summed E-state index contributed by atoms with van der Waals surface area (Å²) in [4.78, 5) is 29.9. The van der Waals surface area contributed by atoms with Crippen molar-refractivity contribution in [3.8, 4) is 11.8 Å². The van der Waals surface area contributed by atoms with Crippen LogP contribution in [0.5, 0.6) is 0 Å². The summed E-state index contributed by atoms with van der Waals surface area (Å²) in [5.41, 5.74) is 12.5. The number of benzene rings is 1. The highest BCUT2D eigenvalue weighted by Crippen LogP contribution is 2.26. The second-order valence-electron chi connectivity index (χ2n) is 8.54. The number of hydrazine groups is 1. The van der Waals surface area contributed by atoms with Crippen molar-refractivity contribution < 1.29 is 4.79 Å². The Labute approximate surface area is 193 Å². The molecule has 2 aliphatic heterocycles. The molecule has 0 radical (unpaired) electrons. The molecule has 1 saturated heterocycles. The molecule has 170 valence electrons. The average molecular weight is 445 g/mol. The van der Waals surface area contributed by atoms with Crippen LogP contribution in [0.3, 0.4) is 0 Å². The van der Waals surface area contributed by atoms with E-state index in [4.69, 9.17) is 10.7 Å². The fraction of sp³-hybridized carbons (Fsp3) is 0.417. The molecule has 33 heavy (non-hydrogen) atoms. The molecule has 1 fully saturated rings. The third kappa shape index (κ3) is 4.03. The normalized spacial score (nSPS) is 18.3. The summed E-state index contributed by atoms with van der Waals surface area (Å²) in [5.74, 6) is 7.26. The maximum absolute atomic E-state index is 13.6. The van der Waals surface area contributed by atoms with E-state index in [1.54, 1.807) is 11.9 Å². The van der Waals surface area contributed by atoms with E-state index in [0.717, 1.165) is 54.2 Å². The van der Waals surface area contributed by atoms with Crippen LogP contribution in [0, 0.1) is 18.8 Å². The van der Waals surface area contributed by atoms with Crippen LogP contribution in [0.15, 0.2) is 24.3 Å². The number of piperidine rings is 1. The number of hydrogen-bond acceptors (Lipinski definition) is 7. The number of aryl methyl sites for hydroxylation is 1. The SMILES string of the molecule is CC#CCn1c(N2CCC[C@@H](N)C2)nc2c1C(=O)N(Cc1nc(C)c3ccccc3n1)NC2. The van der Waals surface area contributed by atoms with Crippen molar-refractivity contribution in [1.82, 2.24) is 30.0 Å². The molecule has 0 aliphatic carbocycles. The Kier molecular flexibility index (Phi) is 5.70. The maximum Gasteiger partial charge on any atom is 0.287 e. The van der Waals surface area contributed by atoms with Crippen molar-refractivity contribution >= 4 is 22.8 Å². The number of nitrogens with two attached hydrogens (primary N) is 1. The van der Waals surface area contributed by atoms with Crippen LogP contribution in [0.2, 0.25) is 0 Å². The fourth-order valence-electron chi connectivity index (χ4n) is 4.60. The average Bonchev–Trinajstić information content (AvgIpc) is 3.19. The van der Waals surface area contributed by atoms with Gasteiger partial charge in [-0.1, -0.05) is 24.1 Å². The minimum atomic E-state index is -0.149. The first kappa shape index (κ1) is 21.4. The summed E-state index contributed by atoms with van der Waals surface area (Å²) in [6.45, 7) is 6.49. The molecule has 5 rings (SSSR count). The third-order valence-electron chi connectivity index (χ3n) is 6.20. The molecular weight excluding hydrogens is 416 g/mol. The van der Waals surface area contributed by atoms with Crippen molar-refractivity contribution in [2.75, 3.05) is 18.0 Å². The van der Waals surface area contributed by atoms with Gasteiger partial charge in [0.15, 0.2) is 0 Å². The predicted molar refractivity (Wildman–Crippen MR) is 126 cm³/mol. The zero-order chi connectivity index (χ0) is 22.9. The largest absolute Gasteiger partial charge is 0.341 e. The van der Waals surface area contributed by atoms with Gasteiger partial charge in [-0.2, -0.15) is 0 Å². The van der Waals surface area contributed by atoms with Crippen LogP contribution in [0.4, 0.5) is 5.95 Å². The highest BCUT2D eigenvalue weighted by molar-refractivity contribution is 5.95. The number of aromatic nitrogens is 4. The Morgan fingerprint density at radius 2 is 2.09 bits per heavy atom. The number of carbonyl (C=O) groups excluding carboxylic acids is 1. The Bertz CT molecular complexity index is 1270. The first-order valence-electron chi connectivity index (χ1n) is 11.3. The minimum Gasteiger partial charge on any atom is -0.341 e. The predicted octanol–water partition coefficient (Wildman–Crippen LogP) is 1.75. The van der Waals surface area contributed by atoms with Crippen LogP contribution in [0.25, 0.3) is 10.9 Å². The topological polar surface area (TPSA) is 105 Å². The Morgan fingerprint density at radius 1 is 1.24 bits per heavy atom. The van der Waals surface area contributed by atoms with E-state index in [1.165, 1.54) is 0 Å². The van der Waals surface area contributed by atoms with Gasteiger partial charge in [0.25, 0.3) is 5.91 Å². The highest BCUT2D eigenvalue weighted by atomic mass is 16.2. The van der Waals surface area contributed by atoms with E-state index in [9.17, 15) is 4.79 Å². The molecule has 1 aromatic carbocycles. The molecule has 0 saturated carbocycles. The second-order valence-corrected chi connectivity index (χ2v) is 8.54. The molecule has 0 unspecified atom stereocenters. The van der Waals surface area contributed by atoms with Gasteiger partial charge in [0.05, 0.1) is 30.8 Å². The fourth-order valence-corrected chi connectivity index (χ4v) is 4.60. The number of nitrogens with one attached hydrogen (secondary N) is 1. The number of amides is 1. The molecule has 0 spiro atoms. The number of fused-ring (bicyclic) bond motifs is 2. The smallest absolute Gasteiger partial charge is 0.287 e. The van der Waals surface area contributed by atoms with Gasteiger partial charge in [-0.25, -0.2) is 20.4 Å². The van der Waals surface area contributed by atoms with E-state index >= 15 is 0 Å². The Balaban J connectivity index is 1.47. The number of anilines is 1. The minimum absolute atomic E-state index is 0.108. The van der Waals surface area contributed by atoms with Gasteiger partial charge in [0.1, 0.15) is 11.5 Å². The van der Waals surface area contributed by atoms with Crippen LogP contribution >= 0.6 is 0 Å². The summed E-state index contributed by atoms with van der Waals surface area (Å²) < 4.78 is 1.94. The lowest BCUT2D eigenvalue weighted by atomic mass is 10.1. The van der Waals surface area contributed by atoms with Crippen molar-refractivity contribution in [2.24, 2.45) is 5.73 Å². The van der Waals surface area contributed by atoms with Crippen LogP contribution in [0.1, 0.15) is 47.5 Å². The lowest BCUT2D eigenvalue weighted by Gasteiger charge is -2.32. The Morgan fingerprint density at radius 3 is 2.91 bits per heavy atom.